The Morgan fingerprint density at radius 1 is 1.20 bits per heavy atom. The van der Waals surface area contributed by atoms with E-state index in [0.717, 1.165) is 69.6 Å². The number of hydrogen-bond donors (Lipinski definition) is 2. The number of nitrogen functional groups attached to an aromatic ring is 1. The Hall–Kier alpha value is -3.88. The molecule has 4 heterocycles. The van der Waals surface area contributed by atoms with Crippen molar-refractivity contribution < 1.29 is 9.26 Å². The van der Waals surface area contributed by atoms with Crippen molar-refractivity contribution in [3.05, 3.63) is 46.2 Å². The van der Waals surface area contributed by atoms with Gasteiger partial charge in [-0.1, -0.05) is 5.16 Å². The van der Waals surface area contributed by atoms with Gasteiger partial charge in [0.25, 0.3) is 0 Å². The quantitative estimate of drug-likeness (QED) is 0.376. The third-order valence-corrected chi connectivity index (χ3v) is 7.03. The number of methoxy groups -OCH3 is 1. The Labute approximate surface area is 202 Å². The van der Waals surface area contributed by atoms with Crippen molar-refractivity contribution >= 4 is 27.9 Å². The summed E-state index contributed by atoms with van der Waals surface area (Å²) in [6.45, 7) is 8.18. The van der Waals surface area contributed by atoms with Crippen LogP contribution >= 0.6 is 0 Å². The largest absolute Gasteiger partial charge is 0.496 e. The number of aromatic nitrogens is 6. The van der Waals surface area contributed by atoms with Crippen molar-refractivity contribution in [1.82, 2.24) is 29.9 Å². The Balaban J connectivity index is 1.58. The molecule has 35 heavy (non-hydrogen) atoms. The van der Waals surface area contributed by atoms with Gasteiger partial charge < -0.3 is 20.0 Å². The van der Waals surface area contributed by atoms with Gasteiger partial charge in [-0.2, -0.15) is 10.1 Å². The molecule has 0 fully saturated rings. The van der Waals surface area contributed by atoms with Crippen LogP contribution in [0.4, 0.5) is 5.95 Å². The highest BCUT2D eigenvalue weighted by molar-refractivity contribution is 6.09. The number of anilines is 1. The summed E-state index contributed by atoms with van der Waals surface area (Å²) in [4.78, 5) is 12.7. The molecule has 4 aromatic heterocycles. The minimum atomic E-state index is 0.254. The number of nitrogens with zero attached hydrogens (tertiary/aromatic N) is 5. The highest BCUT2D eigenvalue weighted by Gasteiger charge is 2.26. The van der Waals surface area contributed by atoms with E-state index in [2.05, 4.69) is 39.7 Å². The average Bonchev–Trinajstić information content (AvgIpc) is 3.56. The Bertz CT molecular complexity index is 1590. The van der Waals surface area contributed by atoms with Gasteiger partial charge in [-0.15, -0.1) is 0 Å². The summed E-state index contributed by atoms with van der Waals surface area (Å²) in [6.07, 6.45) is 3.89. The van der Waals surface area contributed by atoms with Crippen molar-refractivity contribution in [2.75, 3.05) is 12.8 Å². The molecule has 0 atom stereocenters. The summed E-state index contributed by atoms with van der Waals surface area (Å²) in [5.41, 5.74) is 15.2. The lowest BCUT2D eigenvalue weighted by Gasteiger charge is -2.13. The lowest BCUT2D eigenvalue weighted by Crippen LogP contribution is -2.11. The first kappa shape index (κ1) is 21.6. The molecule has 9 heteroatoms. The summed E-state index contributed by atoms with van der Waals surface area (Å²) in [6, 6.07) is 4.38. The number of rotatable bonds is 5. The zero-order valence-corrected chi connectivity index (χ0v) is 20.7. The molecule has 180 valence electrons. The Morgan fingerprint density at radius 2 is 2.03 bits per heavy atom. The van der Waals surface area contributed by atoms with Gasteiger partial charge in [0, 0.05) is 40.0 Å². The van der Waals surface area contributed by atoms with Gasteiger partial charge in [0.1, 0.15) is 17.2 Å². The minimum absolute atomic E-state index is 0.254. The molecular weight excluding hydrogens is 442 g/mol. The summed E-state index contributed by atoms with van der Waals surface area (Å²) in [7, 11) is 1.68. The first-order chi connectivity index (χ1) is 16.9. The summed E-state index contributed by atoms with van der Waals surface area (Å²) >= 11 is 0. The predicted octanol–water partition coefficient (Wildman–Crippen LogP) is 4.83. The van der Waals surface area contributed by atoms with Gasteiger partial charge in [0.05, 0.1) is 29.8 Å². The predicted molar refractivity (Wildman–Crippen MR) is 135 cm³/mol. The molecule has 9 nitrogen and oxygen atoms in total. The molecule has 0 unspecified atom stereocenters. The highest BCUT2D eigenvalue weighted by Crippen LogP contribution is 2.40. The van der Waals surface area contributed by atoms with Crippen molar-refractivity contribution in [1.29, 1.82) is 0 Å². The van der Waals surface area contributed by atoms with E-state index >= 15 is 0 Å². The normalized spacial score (nSPS) is 13.4. The van der Waals surface area contributed by atoms with E-state index in [9.17, 15) is 0 Å². The number of aromatic amines is 1. The van der Waals surface area contributed by atoms with Crippen LogP contribution in [-0.4, -0.2) is 37.0 Å². The van der Waals surface area contributed by atoms with Crippen LogP contribution in [0.25, 0.3) is 33.1 Å². The maximum atomic E-state index is 6.18. The molecule has 0 saturated carbocycles. The smallest absolute Gasteiger partial charge is 0.222 e. The Morgan fingerprint density at radius 3 is 2.74 bits per heavy atom. The molecule has 0 spiro atoms. The second-order valence-corrected chi connectivity index (χ2v) is 9.61. The van der Waals surface area contributed by atoms with Crippen LogP contribution in [0.1, 0.15) is 60.4 Å². The first-order valence-corrected chi connectivity index (χ1v) is 12.0. The van der Waals surface area contributed by atoms with E-state index < -0.39 is 0 Å². The standard InChI is InChI=1S/C26H29N7O2/c1-12(2)33-21(15-7-6-8-18(15)31-33)11-20-24-16-10-22(34-5)17(23-13(3)32-35-14(23)4)9-19(16)28-25(24)30-26(27)29-20/h9-10,12H,6-8,11H2,1-5H3,(H3,27,28,29,30). The highest BCUT2D eigenvalue weighted by atomic mass is 16.5. The molecule has 0 bridgehead atoms. The number of benzene rings is 1. The van der Waals surface area contributed by atoms with Gasteiger partial charge in [-0.05, 0) is 64.7 Å². The van der Waals surface area contributed by atoms with E-state index in [0.29, 0.717) is 12.1 Å². The topological polar surface area (TPSA) is 121 Å². The molecule has 3 N–H and O–H groups in total. The van der Waals surface area contributed by atoms with Gasteiger partial charge in [0.2, 0.25) is 5.95 Å². The fourth-order valence-corrected chi connectivity index (χ4v) is 5.53. The fourth-order valence-electron chi connectivity index (χ4n) is 5.53. The van der Waals surface area contributed by atoms with Gasteiger partial charge in [0.15, 0.2) is 0 Å². The second kappa shape index (κ2) is 7.83. The molecule has 0 amide bonds. The molecule has 1 aromatic carbocycles. The van der Waals surface area contributed by atoms with Crippen LogP contribution in [0.5, 0.6) is 5.75 Å². The zero-order chi connectivity index (χ0) is 24.4. The number of aryl methyl sites for hydroxylation is 3. The maximum absolute atomic E-state index is 6.18. The van der Waals surface area contributed by atoms with Crippen LogP contribution in [0.2, 0.25) is 0 Å². The van der Waals surface area contributed by atoms with Crippen LogP contribution in [0.3, 0.4) is 0 Å². The van der Waals surface area contributed by atoms with Crippen LogP contribution in [0, 0.1) is 13.8 Å². The van der Waals surface area contributed by atoms with Crippen LogP contribution < -0.4 is 10.5 Å². The molecule has 0 radical (unpaired) electrons. The Kier molecular flexibility index (Phi) is 4.84. The third-order valence-electron chi connectivity index (χ3n) is 7.03. The molecule has 1 aliphatic carbocycles. The summed E-state index contributed by atoms with van der Waals surface area (Å²) in [5, 5.41) is 11.0. The van der Waals surface area contributed by atoms with Gasteiger partial charge in [-0.3, -0.25) is 4.68 Å². The van der Waals surface area contributed by atoms with Crippen molar-refractivity contribution in [2.24, 2.45) is 0 Å². The molecule has 5 aromatic rings. The number of fused-ring (bicyclic) bond motifs is 4. The first-order valence-electron chi connectivity index (χ1n) is 12.0. The molecular formula is C26H29N7O2. The van der Waals surface area contributed by atoms with Crippen molar-refractivity contribution in [2.45, 2.75) is 59.4 Å². The maximum Gasteiger partial charge on any atom is 0.222 e. The van der Waals surface area contributed by atoms with Crippen LogP contribution in [0.15, 0.2) is 16.7 Å². The molecule has 6 rings (SSSR count). The SMILES string of the molecule is COc1cc2c(cc1-c1c(C)noc1C)[nH]c1nc(N)nc(Cc3c4c(nn3C(C)C)CCC4)c12. The lowest BCUT2D eigenvalue weighted by molar-refractivity contribution is 0.393. The molecule has 0 aliphatic heterocycles. The second-order valence-electron chi connectivity index (χ2n) is 9.61. The van der Waals surface area contributed by atoms with Gasteiger partial charge >= 0.3 is 0 Å². The monoisotopic (exact) mass is 471 g/mol. The van der Waals surface area contributed by atoms with E-state index in [4.69, 9.17) is 25.1 Å². The minimum Gasteiger partial charge on any atom is -0.496 e. The lowest BCUT2D eigenvalue weighted by atomic mass is 10.00. The number of ether oxygens (including phenoxy) is 1. The fraction of sp³-hybridized carbons (Fsp3) is 0.385. The summed E-state index contributed by atoms with van der Waals surface area (Å²) < 4.78 is 13.4. The van der Waals surface area contributed by atoms with E-state index in [1.165, 1.54) is 17.0 Å². The number of nitrogens with one attached hydrogen (secondary N) is 1. The molecule has 0 saturated heterocycles. The van der Waals surface area contributed by atoms with Crippen molar-refractivity contribution in [3.63, 3.8) is 0 Å². The summed E-state index contributed by atoms with van der Waals surface area (Å²) in [5.74, 6) is 1.74. The average molecular weight is 472 g/mol. The van der Waals surface area contributed by atoms with Crippen molar-refractivity contribution in [3.8, 4) is 16.9 Å². The van der Waals surface area contributed by atoms with Gasteiger partial charge in [-0.25, -0.2) is 4.98 Å². The molecule has 1 aliphatic rings. The van der Waals surface area contributed by atoms with E-state index in [1.54, 1.807) is 7.11 Å². The number of nitrogens with two attached hydrogens (primary N) is 1. The zero-order valence-electron chi connectivity index (χ0n) is 20.7. The number of hydrogen-bond acceptors (Lipinski definition) is 7. The third kappa shape index (κ3) is 3.29. The van der Waals surface area contributed by atoms with Crippen LogP contribution in [-0.2, 0) is 19.3 Å². The van der Waals surface area contributed by atoms with E-state index in [-0.39, 0.29) is 12.0 Å². The number of H-pyrrole nitrogens is 1. The van der Waals surface area contributed by atoms with E-state index in [1.807, 2.05) is 19.9 Å².